The first-order chi connectivity index (χ1) is 24.6. The highest BCUT2D eigenvalue weighted by Gasteiger charge is 2.48. The summed E-state index contributed by atoms with van der Waals surface area (Å²) in [4.78, 5) is 30.2. The van der Waals surface area contributed by atoms with Crippen LogP contribution in [-0.4, -0.2) is 62.0 Å². The lowest BCUT2D eigenvalue weighted by atomic mass is 9.85. The summed E-state index contributed by atoms with van der Waals surface area (Å²) < 4.78 is 18.2. The molecule has 10 nitrogen and oxygen atoms in total. The Kier molecular flexibility index (Phi) is 10.2. The minimum absolute atomic E-state index is 0.0442. The fourth-order valence-electron chi connectivity index (χ4n) is 7.98. The molecule has 0 spiro atoms. The summed E-state index contributed by atoms with van der Waals surface area (Å²) in [6.45, 7) is 3.05. The van der Waals surface area contributed by atoms with Crippen LogP contribution >= 0.6 is 34.5 Å². The normalized spacial score (nSPS) is 22.7. The van der Waals surface area contributed by atoms with Gasteiger partial charge in [0, 0.05) is 34.2 Å². The van der Waals surface area contributed by atoms with E-state index in [0.717, 1.165) is 65.2 Å². The van der Waals surface area contributed by atoms with Crippen LogP contribution in [0.25, 0.3) is 0 Å². The van der Waals surface area contributed by atoms with Crippen LogP contribution in [0.5, 0.6) is 11.5 Å². The molecular weight excluding hydrogens is 713 g/mol. The second-order valence-electron chi connectivity index (χ2n) is 13.5. The van der Waals surface area contributed by atoms with Crippen molar-refractivity contribution in [1.29, 1.82) is 0 Å². The molecule has 0 amide bonds. The zero-order chi connectivity index (χ0) is 35.9. The van der Waals surface area contributed by atoms with Gasteiger partial charge in [0.15, 0.2) is 11.5 Å². The largest absolute Gasteiger partial charge is 0.544 e. The first-order valence-corrected chi connectivity index (χ1v) is 18.6. The molecule has 13 heteroatoms. The van der Waals surface area contributed by atoms with E-state index in [1.807, 2.05) is 36.4 Å². The first-order valence-electron chi connectivity index (χ1n) is 17.0. The third-order valence-electron chi connectivity index (χ3n) is 10.7. The van der Waals surface area contributed by atoms with Crippen molar-refractivity contribution >= 4 is 46.5 Å². The van der Waals surface area contributed by atoms with Crippen LogP contribution in [0.15, 0.2) is 60.9 Å². The fraction of sp³-hybridized carbons (Fsp3) is 0.395. The number of benzene rings is 2. The number of nitrogens with zero attached hydrogens (tertiary/aromatic N) is 2. The number of rotatable bonds is 12. The number of hydrogen-bond donors (Lipinski definition) is 2. The van der Waals surface area contributed by atoms with Gasteiger partial charge in [0.05, 0.1) is 25.1 Å². The standard InChI is InChI=1S/C38H39Cl2N3O7S/c1-48-32-8-7-24(15-33(32)49-2)26(17-28-30(39)19-43(47)20-31(28)40)27-16-25(51-35(27)36(44)45)18-41-38(12-9-22-5-3-4-6-29(22)38)37(46)50-34-21-42-13-10-23(34)11-14-42/h3-8,15-16,19-20,23,26,34,41H,9-14,17-18,21H2,1-2H3,(H-,44,45,47)/t26-,34-,38?/m0/s1. The highest BCUT2D eigenvalue weighted by atomic mass is 35.5. The molecule has 1 unspecified atom stereocenters. The van der Waals surface area contributed by atoms with Crippen molar-refractivity contribution in [2.45, 2.75) is 56.2 Å². The molecule has 4 aromatic rings. The average molecular weight is 753 g/mol. The predicted octanol–water partition coefficient (Wildman–Crippen LogP) is 4.90. The molecule has 2 aromatic heterocycles. The van der Waals surface area contributed by atoms with E-state index < -0.39 is 17.4 Å². The number of fused-ring (bicyclic) bond motifs is 4. The van der Waals surface area contributed by atoms with Gasteiger partial charge in [0.1, 0.15) is 21.7 Å². The summed E-state index contributed by atoms with van der Waals surface area (Å²) in [5.41, 5.74) is 2.64. The SMILES string of the molecule is COc1ccc([C@H](Cc2c(Cl)c[n+](O)cc2Cl)c2cc(CNC3(C(=O)O[C@H]4CN5CCC4CC5)CCc4ccccc43)sc2C(=O)[O-])cc1OC. The number of esters is 1. The maximum absolute atomic E-state index is 14.3. The molecule has 2 aromatic carbocycles. The Morgan fingerprint density at radius 1 is 1.08 bits per heavy atom. The van der Waals surface area contributed by atoms with E-state index in [4.69, 9.17) is 37.4 Å². The second kappa shape index (κ2) is 14.6. The number of pyridine rings is 1. The smallest absolute Gasteiger partial charge is 0.331 e. The van der Waals surface area contributed by atoms with Crippen LogP contribution in [0.3, 0.4) is 0 Å². The molecular formula is C38H39Cl2N3O7S. The van der Waals surface area contributed by atoms with E-state index in [2.05, 4.69) is 10.2 Å². The van der Waals surface area contributed by atoms with E-state index in [9.17, 15) is 19.9 Å². The summed E-state index contributed by atoms with van der Waals surface area (Å²) in [5.74, 6) is -0.849. The molecule has 1 aliphatic carbocycles. The number of methoxy groups -OCH3 is 2. The lowest BCUT2D eigenvalue weighted by Crippen LogP contribution is -2.55. The van der Waals surface area contributed by atoms with Gasteiger partial charge in [-0.1, -0.05) is 53.5 Å². The third kappa shape index (κ3) is 6.90. The molecule has 0 radical (unpaired) electrons. The van der Waals surface area contributed by atoms with Crippen LogP contribution in [0, 0.1) is 5.92 Å². The van der Waals surface area contributed by atoms with Gasteiger partial charge in [0.25, 0.3) is 0 Å². The highest BCUT2D eigenvalue weighted by Crippen LogP contribution is 2.43. The maximum atomic E-state index is 14.3. The Balaban J connectivity index is 1.24. The van der Waals surface area contributed by atoms with Crippen molar-refractivity contribution in [1.82, 2.24) is 10.2 Å². The van der Waals surface area contributed by atoms with Gasteiger partial charge in [-0.25, -0.2) is 4.79 Å². The first kappa shape index (κ1) is 35.5. The van der Waals surface area contributed by atoms with Gasteiger partial charge in [-0.2, -0.15) is 0 Å². The molecule has 5 heterocycles. The predicted molar refractivity (Wildman–Crippen MR) is 190 cm³/mol. The van der Waals surface area contributed by atoms with Crippen molar-refractivity contribution in [2.24, 2.45) is 5.92 Å². The zero-order valence-corrected chi connectivity index (χ0v) is 30.7. The quantitative estimate of drug-likeness (QED) is 0.118. The molecule has 3 fully saturated rings. The average Bonchev–Trinajstić information content (AvgIpc) is 3.73. The minimum atomic E-state index is -1.33. The number of aromatic nitrogens is 1. The van der Waals surface area contributed by atoms with Crippen LogP contribution in [0.2, 0.25) is 10.0 Å². The van der Waals surface area contributed by atoms with Gasteiger partial charge in [-0.15, -0.1) is 11.3 Å². The minimum Gasteiger partial charge on any atom is -0.544 e. The zero-order valence-electron chi connectivity index (χ0n) is 28.3. The number of aryl methyl sites for hydroxylation is 1. The number of carboxylic acids is 1. The summed E-state index contributed by atoms with van der Waals surface area (Å²) in [6, 6.07) is 15.2. The van der Waals surface area contributed by atoms with E-state index in [1.165, 1.54) is 26.6 Å². The summed E-state index contributed by atoms with van der Waals surface area (Å²) in [6.07, 6.45) is 5.99. The Bertz CT molecular complexity index is 1940. The van der Waals surface area contributed by atoms with Crippen molar-refractivity contribution in [2.75, 3.05) is 33.9 Å². The molecule has 268 valence electrons. The monoisotopic (exact) mass is 751 g/mol. The number of carbonyl (C=O) groups is 2. The number of carbonyl (C=O) groups excluding carboxylic acids is 2. The molecule has 4 aliphatic rings. The number of halogens is 2. The van der Waals surface area contributed by atoms with Gasteiger partial charge in [-0.05, 0) is 91.6 Å². The van der Waals surface area contributed by atoms with E-state index in [-0.39, 0.29) is 40.0 Å². The molecule has 3 saturated heterocycles. The number of piperidine rings is 3. The number of carboxylic acid groups (broad SMARTS) is 1. The van der Waals surface area contributed by atoms with Crippen LogP contribution in [0.1, 0.15) is 67.5 Å². The molecule has 3 atom stereocenters. The van der Waals surface area contributed by atoms with Crippen LogP contribution < -0.4 is 24.6 Å². The number of ether oxygens (including phenoxy) is 3. The number of hydrogen-bond acceptors (Lipinski definition) is 10. The highest BCUT2D eigenvalue weighted by molar-refractivity contribution is 7.14. The molecule has 2 N–H and O–H groups in total. The lowest BCUT2D eigenvalue weighted by Gasteiger charge is -2.45. The summed E-state index contributed by atoms with van der Waals surface area (Å²) >= 11 is 14.2. The lowest BCUT2D eigenvalue weighted by molar-refractivity contribution is -0.904. The molecule has 0 saturated carbocycles. The second-order valence-corrected chi connectivity index (χ2v) is 15.4. The number of aromatic carboxylic acids is 1. The Hall–Kier alpha value is -3.87. The van der Waals surface area contributed by atoms with Crippen molar-refractivity contribution in [3.8, 4) is 11.5 Å². The Labute approximate surface area is 310 Å². The number of thiophene rings is 1. The van der Waals surface area contributed by atoms with E-state index >= 15 is 0 Å². The maximum Gasteiger partial charge on any atom is 0.331 e. The Morgan fingerprint density at radius 2 is 1.80 bits per heavy atom. The fourth-order valence-corrected chi connectivity index (χ4v) is 9.58. The van der Waals surface area contributed by atoms with Crippen molar-refractivity contribution in [3.05, 3.63) is 109 Å². The molecule has 2 bridgehead atoms. The summed E-state index contributed by atoms with van der Waals surface area (Å²) in [5, 5.41) is 26.8. The van der Waals surface area contributed by atoms with Crippen LogP contribution in [0.4, 0.5) is 0 Å². The van der Waals surface area contributed by atoms with Crippen LogP contribution in [-0.2, 0) is 34.5 Å². The van der Waals surface area contributed by atoms with Gasteiger partial charge in [-0.3, -0.25) is 15.4 Å². The number of nitrogens with one attached hydrogen (secondary N) is 1. The third-order valence-corrected chi connectivity index (χ3v) is 12.5. The molecule has 3 aliphatic heterocycles. The van der Waals surface area contributed by atoms with E-state index in [0.29, 0.717) is 46.3 Å². The van der Waals surface area contributed by atoms with E-state index in [1.54, 1.807) is 12.1 Å². The Morgan fingerprint density at radius 3 is 2.47 bits per heavy atom. The summed E-state index contributed by atoms with van der Waals surface area (Å²) in [7, 11) is 3.07. The molecule has 8 rings (SSSR count). The van der Waals surface area contributed by atoms with Crippen molar-refractivity contribution in [3.63, 3.8) is 0 Å². The molecule has 51 heavy (non-hydrogen) atoms. The van der Waals surface area contributed by atoms with Gasteiger partial charge < -0.3 is 24.1 Å². The van der Waals surface area contributed by atoms with Crippen molar-refractivity contribution < 1.29 is 38.8 Å². The topological polar surface area (TPSA) is 124 Å². The van der Waals surface area contributed by atoms with Gasteiger partial charge >= 0.3 is 5.97 Å². The van der Waals surface area contributed by atoms with Gasteiger partial charge in [0.2, 0.25) is 12.4 Å².